The molecule has 0 spiro atoms. The van der Waals surface area contributed by atoms with Crippen LogP contribution in [0.15, 0.2) is 17.2 Å². The minimum atomic E-state index is -0.996. The number of nitrogens with one attached hydrogen (secondary N) is 2. The minimum Gasteiger partial charge on any atom is -0.481 e. The predicted octanol–water partition coefficient (Wildman–Crippen LogP) is -1.03. The molecule has 0 saturated heterocycles. The maximum Gasteiger partial charge on any atom is 0.305 e. The van der Waals surface area contributed by atoms with Crippen molar-refractivity contribution in [3.8, 4) is 0 Å². The largest absolute Gasteiger partial charge is 0.481 e. The first-order valence-electron chi connectivity index (χ1n) is 4.14. The number of hydrogen-bond donors (Lipinski definition) is 3. The first kappa shape index (κ1) is 10.9. The van der Waals surface area contributed by atoms with E-state index >= 15 is 0 Å². The highest BCUT2D eigenvalue weighted by Gasteiger charge is 2.06. The summed E-state index contributed by atoms with van der Waals surface area (Å²) in [6.07, 6.45) is 1.99. The number of aromatic amines is 1. The van der Waals surface area contributed by atoms with Gasteiger partial charge in [0, 0.05) is 12.7 Å². The first-order valence-corrected chi connectivity index (χ1v) is 4.14. The number of carboxylic acid groups (broad SMARTS) is 1. The second-order valence-electron chi connectivity index (χ2n) is 2.70. The third kappa shape index (κ3) is 3.59. The van der Waals surface area contributed by atoms with E-state index in [0.29, 0.717) is 0 Å². The summed E-state index contributed by atoms with van der Waals surface area (Å²) in [5.41, 5.74) is -0.364. The maximum atomic E-state index is 11.2. The first-order chi connectivity index (χ1) is 7.09. The van der Waals surface area contributed by atoms with E-state index in [-0.39, 0.29) is 18.7 Å². The summed E-state index contributed by atoms with van der Waals surface area (Å²) in [5.74, 6) is -1.52. The van der Waals surface area contributed by atoms with E-state index in [1.807, 2.05) is 0 Å². The lowest BCUT2D eigenvalue weighted by molar-refractivity contribution is -0.136. The van der Waals surface area contributed by atoms with Gasteiger partial charge in [-0.1, -0.05) is 0 Å². The van der Waals surface area contributed by atoms with Crippen molar-refractivity contribution in [3.05, 3.63) is 28.4 Å². The molecule has 15 heavy (non-hydrogen) atoms. The van der Waals surface area contributed by atoms with Crippen LogP contribution in [0.4, 0.5) is 0 Å². The van der Waals surface area contributed by atoms with Crippen molar-refractivity contribution >= 4 is 11.9 Å². The number of H-pyrrole nitrogens is 1. The molecule has 0 aliphatic heterocycles. The normalized spacial score (nSPS) is 9.60. The van der Waals surface area contributed by atoms with E-state index < -0.39 is 17.4 Å². The van der Waals surface area contributed by atoms with Crippen LogP contribution in [0.3, 0.4) is 0 Å². The number of amides is 1. The summed E-state index contributed by atoms with van der Waals surface area (Å²) in [6, 6.07) is 0. The maximum absolute atomic E-state index is 11.2. The summed E-state index contributed by atoms with van der Waals surface area (Å²) in [6.45, 7) is 0.0228. The fraction of sp³-hybridized carbons (Fsp3) is 0.250. The third-order valence-corrected chi connectivity index (χ3v) is 1.53. The molecule has 1 amide bonds. The van der Waals surface area contributed by atoms with E-state index in [1.54, 1.807) is 0 Å². The predicted molar refractivity (Wildman–Crippen MR) is 49.4 cm³/mol. The molecule has 0 saturated carbocycles. The van der Waals surface area contributed by atoms with Gasteiger partial charge in [-0.05, 0) is 0 Å². The number of carbonyl (C=O) groups excluding carboxylic acids is 1. The van der Waals surface area contributed by atoms with E-state index in [2.05, 4.69) is 15.3 Å². The van der Waals surface area contributed by atoms with Gasteiger partial charge in [0.25, 0.3) is 11.5 Å². The van der Waals surface area contributed by atoms with Gasteiger partial charge in [-0.2, -0.15) is 0 Å². The second kappa shape index (κ2) is 4.89. The zero-order valence-corrected chi connectivity index (χ0v) is 7.69. The van der Waals surface area contributed by atoms with Gasteiger partial charge in [-0.25, -0.2) is 4.98 Å². The Balaban J connectivity index is 2.50. The molecule has 3 N–H and O–H groups in total. The molecule has 1 rings (SSSR count). The number of aliphatic carboxylic acids is 1. The lowest BCUT2D eigenvalue weighted by atomic mass is 10.4. The zero-order chi connectivity index (χ0) is 11.3. The van der Waals surface area contributed by atoms with Gasteiger partial charge in [0.2, 0.25) is 0 Å². The third-order valence-electron chi connectivity index (χ3n) is 1.53. The molecule has 1 heterocycles. The van der Waals surface area contributed by atoms with Crippen LogP contribution in [0.2, 0.25) is 0 Å². The van der Waals surface area contributed by atoms with Crippen LogP contribution >= 0.6 is 0 Å². The molecule has 0 unspecified atom stereocenters. The number of carboxylic acids is 1. The molecule has 7 heteroatoms. The van der Waals surface area contributed by atoms with E-state index in [9.17, 15) is 14.4 Å². The standard InChI is InChI=1S/C8H9N3O4/c12-6-4-10-5(3-11-6)8(15)9-2-1-7(13)14/h3-4H,1-2H2,(H,9,15)(H,11,12)(H,13,14). The van der Waals surface area contributed by atoms with Gasteiger partial charge < -0.3 is 15.4 Å². The van der Waals surface area contributed by atoms with Gasteiger partial charge in [0.15, 0.2) is 0 Å². The number of aromatic nitrogens is 2. The summed E-state index contributed by atoms with van der Waals surface area (Å²) in [4.78, 5) is 37.9. The highest BCUT2D eigenvalue weighted by molar-refractivity contribution is 5.92. The van der Waals surface area contributed by atoms with Crippen molar-refractivity contribution in [2.75, 3.05) is 6.54 Å². The lowest BCUT2D eigenvalue weighted by Crippen LogP contribution is -2.27. The molecule has 0 radical (unpaired) electrons. The molecule has 7 nitrogen and oxygen atoms in total. The van der Waals surface area contributed by atoms with Crippen LogP contribution in [0.1, 0.15) is 16.9 Å². The SMILES string of the molecule is O=C(O)CCNC(=O)c1c[nH]c(=O)cn1. The fourth-order valence-corrected chi connectivity index (χ4v) is 0.840. The lowest BCUT2D eigenvalue weighted by Gasteiger charge is -2.01. The summed E-state index contributed by atoms with van der Waals surface area (Å²) >= 11 is 0. The number of rotatable bonds is 4. The van der Waals surface area contributed by atoms with Crippen LogP contribution in [0.5, 0.6) is 0 Å². The van der Waals surface area contributed by atoms with Crippen LogP contribution in [0, 0.1) is 0 Å². The summed E-state index contributed by atoms with van der Waals surface area (Å²) < 4.78 is 0. The summed E-state index contributed by atoms with van der Waals surface area (Å²) in [5, 5.41) is 10.7. The van der Waals surface area contributed by atoms with Gasteiger partial charge >= 0.3 is 5.97 Å². The number of carbonyl (C=O) groups is 2. The average Bonchev–Trinajstić information content (AvgIpc) is 2.18. The Labute approximate surface area is 84.2 Å². The molecular formula is C8H9N3O4. The molecular weight excluding hydrogens is 202 g/mol. The van der Waals surface area contributed by atoms with Crippen molar-refractivity contribution in [1.82, 2.24) is 15.3 Å². The molecule has 0 aromatic carbocycles. The highest BCUT2D eigenvalue weighted by Crippen LogP contribution is 1.87. The molecule has 1 aromatic rings. The van der Waals surface area contributed by atoms with E-state index in [4.69, 9.17) is 5.11 Å². The van der Waals surface area contributed by atoms with Crippen LogP contribution in [0.25, 0.3) is 0 Å². The van der Waals surface area contributed by atoms with E-state index in [1.165, 1.54) is 6.20 Å². The minimum absolute atomic E-state index is 0.0228. The van der Waals surface area contributed by atoms with Crippen molar-refractivity contribution in [2.24, 2.45) is 0 Å². The molecule has 1 aromatic heterocycles. The van der Waals surface area contributed by atoms with E-state index in [0.717, 1.165) is 6.20 Å². The number of nitrogens with zero attached hydrogens (tertiary/aromatic N) is 1. The highest BCUT2D eigenvalue weighted by atomic mass is 16.4. The topological polar surface area (TPSA) is 112 Å². The van der Waals surface area contributed by atoms with Crippen LogP contribution in [-0.4, -0.2) is 33.5 Å². The van der Waals surface area contributed by atoms with Crippen molar-refractivity contribution < 1.29 is 14.7 Å². The van der Waals surface area contributed by atoms with Crippen molar-refractivity contribution in [3.63, 3.8) is 0 Å². The molecule has 0 bridgehead atoms. The molecule has 80 valence electrons. The Kier molecular flexibility index (Phi) is 3.55. The van der Waals surface area contributed by atoms with Gasteiger partial charge in [0.1, 0.15) is 5.69 Å². The van der Waals surface area contributed by atoms with Crippen molar-refractivity contribution in [2.45, 2.75) is 6.42 Å². The zero-order valence-electron chi connectivity index (χ0n) is 7.69. The Morgan fingerprint density at radius 3 is 2.80 bits per heavy atom. The Morgan fingerprint density at radius 1 is 1.53 bits per heavy atom. The Morgan fingerprint density at radius 2 is 2.27 bits per heavy atom. The Hall–Kier alpha value is -2.18. The molecule has 0 fully saturated rings. The Bertz CT molecular complexity index is 406. The molecule has 0 atom stereocenters. The van der Waals surface area contributed by atoms with Gasteiger partial charge in [0.05, 0.1) is 12.6 Å². The molecule has 0 aliphatic carbocycles. The van der Waals surface area contributed by atoms with Crippen molar-refractivity contribution in [1.29, 1.82) is 0 Å². The number of hydrogen-bond acceptors (Lipinski definition) is 4. The monoisotopic (exact) mass is 211 g/mol. The van der Waals surface area contributed by atoms with Crippen LogP contribution in [-0.2, 0) is 4.79 Å². The average molecular weight is 211 g/mol. The smallest absolute Gasteiger partial charge is 0.305 e. The second-order valence-corrected chi connectivity index (χ2v) is 2.70. The van der Waals surface area contributed by atoms with Gasteiger partial charge in [-0.3, -0.25) is 14.4 Å². The molecule has 0 aliphatic rings. The summed E-state index contributed by atoms with van der Waals surface area (Å²) in [7, 11) is 0. The van der Waals surface area contributed by atoms with Gasteiger partial charge in [-0.15, -0.1) is 0 Å². The fourth-order valence-electron chi connectivity index (χ4n) is 0.840. The quantitative estimate of drug-likeness (QED) is 0.589. The van der Waals surface area contributed by atoms with Crippen LogP contribution < -0.4 is 10.9 Å².